The number of unbranched alkanes of at least 4 members (excludes halogenated alkanes) is 2. The van der Waals surface area contributed by atoms with E-state index in [0.29, 0.717) is 18.4 Å². The Labute approximate surface area is 202 Å². The molecule has 0 bridgehead atoms. The zero-order valence-electron chi connectivity index (χ0n) is 20.4. The van der Waals surface area contributed by atoms with E-state index in [0.717, 1.165) is 70.0 Å². The summed E-state index contributed by atoms with van der Waals surface area (Å²) in [7, 11) is 0. The quantitative estimate of drug-likeness (QED) is 0.197. The van der Waals surface area contributed by atoms with Crippen LogP contribution in [0.5, 0.6) is 5.75 Å². The molecule has 1 aromatic carbocycles. The lowest BCUT2D eigenvalue weighted by Crippen LogP contribution is -2.31. The summed E-state index contributed by atoms with van der Waals surface area (Å²) in [4.78, 5) is 11.3. The second-order valence-electron chi connectivity index (χ2n) is 10.7. The normalized spacial score (nSPS) is 27.5. The molecule has 4 N–H and O–H groups in total. The molecule has 0 heterocycles. The van der Waals surface area contributed by atoms with Gasteiger partial charge in [-0.25, -0.2) is 5.48 Å². The van der Waals surface area contributed by atoms with Crippen molar-refractivity contribution in [2.75, 3.05) is 13.2 Å². The van der Waals surface area contributed by atoms with Crippen LogP contribution in [0.1, 0.15) is 75.8 Å². The van der Waals surface area contributed by atoms with Gasteiger partial charge in [0.1, 0.15) is 24.6 Å². The molecule has 190 valence electrons. The van der Waals surface area contributed by atoms with Crippen LogP contribution in [0, 0.1) is 17.8 Å². The fourth-order valence-corrected chi connectivity index (χ4v) is 6.03. The second-order valence-corrected chi connectivity index (χ2v) is 10.7. The summed E-state index contributed by atoms with van der Waals surface area (Å²) < 4.78 is 11.9. The number of aliphatic hydroxyl groups is 2. The van der Waals surface area contributed by atoms with Gasteiger partial charge in [0.25, 0.3) is 5.91 Å². The molecule has 0 saturated heterocycles. The first-order valence-electron chi connectivity index (χ1n) is 13.1. The summed E-state index contributed by atoms with van der Waals surface area (Å²) in [5.41, 5.74) is 3.68. The number of hydroxylamine groups is 1. The number of amides is 1. The largest absolute Gasteiger partial charge is 0.490 e. The van der Waals surface area contributed by atoms with Crippen LogP contribution < -0.4 is 10.2 Å². The average molecular weight is 476 g/mol. The highest BCUT2D eigenvalue weighted by molar-refractivity contribution is 5.75. The van der Waals surface area contributed by atoms with Crippen LogP contribution in [0.15, 0.2) is 18.2 Å². The number of aliphatic hydroxyl groups excluding tert-OH is 2. The lowest BCUT2D eigenvalue weighted by molar-refractivity contribution is -0.137. The van der Waals surface area contributed by atoms with E-state index in [9.17, 15) is 15.0 Å². The van der Waals surface area contributed by atoms with Crippen LogP contribution in [0.4, 0.5) is 0 Å². The number of ether oxygens (including phenoxy) is 2. The van der Waals surface area contributed by atoms with Crippen LogP contribution in [0.25, 0.3) is 0 Å². The molecule has 0 aliphatic heterocycles. The van der Waals surface area contributed by atoms with Gasteiger partial charge in [-0.15, -0.1) is 0 Å². The molecule has 1 amide bonds. The zero-order chi connectivity index (χ0) is 24.1. The standard InChI is InChI=1S/C27H41NO6/c1-2-3-4-7-20(29)9-10-21-22-13-18-6-5-8-25(23(18)14-19(22)15-24(21)30)33-17-27(11-12-27)34-16-26(31)28-32/h5-6,8,19-22,24,29-30,32H,2-4,7,9-17H2,1H3,(H,28,31)/t19?,20-,21-,22?,24-/m1/s1. The zero-order valence-corrected chi connectivity index (χ0v) is 20.4. The Morgan fingerprint density at radius 2 is 2.06 bits per heavy atom. The Kier molecular flexibility index (Phi) is 8.51. The van der Waals surface area contributed by atoms with Crippen molar-refractivity contribution < 1.29 is 29.7 Å². The van der Waals surface area contributed by atoms with Crippen molar-refractivity contribution in [1.82, 2.24) is 5.48 Å². The molecule has 34 heavy (non-hydrogen) atoms. The van der Waals surface area contributed by atoms with Gasteiger partial charge in [0.15, 0.2) is 0 Å². The number of benzene rings is 1. The van der Waals surface area contributed by atoms with Gasteiger partial charge in [0, 0.05) is 0 Å². The van der Waals surface area contributed by atoms with Crippen LogP contribution in [-0.2, 0) is 22.4 Å². The highest BCUT2D eigenvalue weighted by Crippen LogP contribution is 2.49. The molecule has 0 aromatic heterocycles. The van der Waals surface area contributed by atoms with Crippen molar-refractivity contribution in [2.45, 2.75) is 95.4 Å². The van der Waals surface area contributed by atoms with Gasteiger partial charge in [-0.05, 0) is 86.3 Å². The summed E-state index contributed by atoms with van der Waals surface area (Å²) in [6, 6.07) is 6.21. The van der Waals surface area contributed by atoms with E-state index in [2.05, 4.69) is 13.0 Å². The van der Waals surface area contributed by atoms with Crippen molar-refractivity contribution in [3.63, 3.8) is 0 Å². The van der Waals surface area contributed by atoms with Gasteiger partial charge in [-0.1, -0.05) is 38.3 Å². The molecule has 3 aliphatic rings. The molecule has 7 nitrogen and oxygen atoms in total. The lowest BCUT2D eigenvalue weighted by atomic mass is 9.73. The Morgan fingerprint density at radius 3 is 2.79 bits per heavy atom. The maximum atomic E-state index is 11.3. The molecule has 2 fully saturated rings. The maximum absolute atomic E-state index is 11.3. The van der Waals surface area contributed by atoms with Crippen molar-refractivity contribution in [3.8, 4) is 5.75 Å². The van der Waals surface area contributed by atoms with E-state index in [-0.39, 0.29) is 24.7 Å². The minimum Gasteiger partial charge on any atom is -0.490 e. The number of hydrogen-bond donors (Lipinski definition) is 4. The van der Waals surface area contributed by atoms with Crippen LogP contribution in [0.2, 0.25) is 0 Å². The van der Waals surface area contributed by atoms with E-state index in [4.69, 9.17) is 14.7 Å². The lowest BCUT2D eigenvalue weighted by Gasteiger charge is -2.33. The molecule has 5 atom stereocenters. The highest BCUT2D eigenvalue weighted by Gasteiger charge is 2.47. The third kappa shape index (κ3) is 6.11. The van der Waals surface area contributed by atoms with Gasteiger partial charge in [0.05, 0.1) is 12.2 Å². The number of fused-ring (bicyclic) bond motifs is 2. The van der Waals surface area contributed by atoms with Crippen molar-refractivity contribution in [2.24, 2.45) is 17.8 Å². The van der Waals surface area contributed by atoms with E-state index >= 15 is 0 Å². The smallest absolute Gasteiger partial charge is 0.269 e. The summed E-state index contributed by atoms with van der Waals surface area (Å²) in [6.45, 7) is 2.39. The van der Waals surface area contributed by atoms with Crippen LogP contribution in [0.3, 0.4) is 0 Å². The minimum absolute atomic E-state index is 0.177. The van der Waals surface area contributed by atoms with Gasteiger partial charge >= 0.3 is 0 Å². The molecule has 1 aromatic rings. The van der Waals surface area contributed by atoms with Crippen LogP contribution in [-0.4, -0.2) is 52.4 Å². The van der Waals surface area contributed by atoms with Crippen molar-refractivity contribution >= 4 is 5.91 Å². The summed E-state index contributed by atoms with van der Waals surface area (Å²) >= 11 is 0. The fourth-order valence-electron chi connectivity index (χ4n) is 6.03. The van der Waals surface area contributed by atoms with E-state index < -0.39 is 11.5 Å². The molecule has 2 saturated carbocycles. The SMILES string of the molecule is CCCCC[C@@H](O)CC[C@@H]1C2Cc3cccc(OCC4(OCC(=O)NO)CC4)c3CC2C[C@H]1O. The third-order valence-corrected chi connectivity index (χ3v) is 8.25. The van der Waals surface area contributed by atoms with Crippen LogP contribution >= 0.6 is 0 Å². The number of hydrogen-bond acceptors (Lipinski definition) is 6. The van der Waals surface area contributed by atoms with Gasteiger partial charge in [0.2, 0.25) is 0 Å². The predicted molar refractivity (Wildman–Crippen MR) is 128 cm³/mol. The fraction of sp³-hybridized carbons (Fsp3) is 0.741. The number of nitrogens with one attached hydrogen (secondary N) is 1. The molecule has 4 rings (SSSR count). The average Bonchev–Trinajstić information content (AvgIpc) is 3.54. The Bertz CT molecular complexity index is 825. The third-order valence-electron chi connectivity index (χ3n) is 8.25. The molecule has 7 heteroatoms. The van der Waals surface area contributed by atoms with Gasteiger partial charge in [-0.3, -0.25) is 10.0 Å². The van der Waals surface area contributed by atoms with Gasteiger partial charge in [-0.2, -0.15) is 0 Å². The predicted octanol–water partition coefficient (Wildman–Crippen LogP) is 3.55. The molecular weight excluding hydrogens is 434 g/mol. The number of carbonyl (C=O) groups is 1. The van der Waals surface area contributed by atoms with Gasteiger partial charge < -0.3 is 19.7 Å². The van der Waals surface area contributed by atoms with Crippen molar-refractivity contribution in [3.05, 3.63) is 29.3 Å². The first-order valence-corrected chi connectivity index (χ1v) is 13.1. The molecule has 3 aliphatic carbocycles. The Hall–Kier alpha value is -1.67. The minimum atomic E-state index is -0.558. The summed E-state index contributed by atoms with van der Waals surface area (Å²) in [5, 5.41) is 29.9. The Morgan fingerprint density at radius 1 is 1.24 bits per heavy atom. The monoisotopic (exact) mass is 475 g/mol. The molecule has 2 unspecified atom stereocenters. The first-order chi connectivity index (χ1) is 16.4. The maximum Gasteiger partial charge on any atom is 0.269 e. The Balaban J connectivity index is 1.34. The van der Waals surface area contributed by atoms with E-state index in [1.165, 1.54) is 17.5 Å². The number of rotatable bonds is 13. The van der Waals surface area contributed by atoms with E-state index in [1.54, 1.807) is 5.48 Å². The summed E-state index contributed by atoms with van der Waals surface area (Å²) in [5.74, 6) is 1.47. The number of carbonyl (C=O) groups excluding carboxylic acids is 1. The highest BCUT2D eigenvalue weighted by atomic mass is 16.6. The molecule has 0 radical (unpaired) electrons. The summed E-state index contributed by atoms with van der Waals surface area (Å²) in [6.07, 6.45) is 9.74. The second kappa shape index (κ2) is 11.4. The van der Waals surface area contributed by atoms with E-state index in [1.807, 2.05) is 12.1 Å². The van der Waals surface area contributed by atoms with Crippen molar-refractivity contribution in [1.29, 1.82) is 0 Å². The topological polar surface area (TPSA) is 108 Å². The first kappa shape index (κ1) is 25.4. The molecule has 0 spiro atoms. The molecular formula is C27H41NO6.